The van der Waals surface area contributed by atoms with E-state index in [0.717, 1.165) is 20.8 Å². The van der Waals surface area contributed by atoms with E-state index in [-0.39, 0.29) is 17.3 Å². The molecule has 0 saturated heterocycles. The predicted octanol–water partition coefficient (Wildman–Crippen LogP) is 5.24. The molecule has 196 valence electrons. The lowest BCUT2D eigenvalue weighted by atomic mass is 10.1. The van der Waals surface area contributed by atoms with Gasteiger partial charge in [0.15, 0.2) is 0 Å². The van der Waals surface area contributed by atoms with E-state index in [9.17, 15) is 18.0 Å². The molecule has 0 unspecified atom stereocenters. The van der Waals surface area contributed by atoms with Gasteiger partial charge in [-0.05, 0) is 67.4 Å². The molecule has 1 atom stereocenters. The van der Waals surface area contributed by atoms with E-state index >= 15 is 0 Å². The number of amides is 2. The van der Waals surface area contributed by atoms with Crippen LogP contribution in [0.15, 0.2) is 88.2 Å². The van der Waals surface area contributed by atoms with Gasteiger partial charge in [0, 0.05) is 22.6 Å². The average molecular weight is 607 g/mol. The molecule has 0 bridgehead atoms. The van der Waals surface area contributed by atoms with Crippen molar-refractivity contribution in [1.29, 1.82) is 0 Å². The van der Waals surface area contributed by atoms with Crippen molar-refractivity contribution in [1.82, 2.24) is 10.2 Å². The lowest BCUT2D eigenvalue weighted by Gasteiger charge is -2.32. The van der Waals surface area contributed by atoms with Crippen LogP contribution in [0.25, 0.3) is 0 Å². The van der Waals surface area contributed by atoms with Crippen LogP contribution in [0.4, 0.5) is 5.69 Å². The van der Waals surface area contributed by atoms with Gasteiger partial charge in [0.25, 0.3) is 10.0 Å². The summed E-state index contributed by atoms with van der Waals surface area (Å²) in [6, 6.07) is 20.7. The topological polar surface area (TPSA) is 86.8 Å². The highest BCUT2D eigenvalue weighted by Gasteiger charge is 2.32. The van der Waals surface area contributed by atoms with E-state index in [2.05, 4.69) is 21.2 Å². The number of carbonyl (C=O) groups is 2. The molecule has 0 radical (unpaired) electrons. The average Bonchev–Trinajstić information content (AvgIpc) is 2.90. The monoisotopic (exact) mass is 605 g/mol. The summed E-state index contributed by atoms with van der Waals surface area (Å²) >= 11 is 9.38. The molecule has 0 fully saturated rings. The molecule has 10 heteroatoms. The SMILES string of the molecule is CCCNC(=O)[C@H](C)N(Cc1ccc(Cl)cc1)C(=O)CN(c1ccc(Br)cc1)S(=O)(=O)c1ccccc1. The van der Waals surface area contributed by atoms with E-state index in [4.69, 9.17) is 11.6 Å². The van der Waals surface area contributed by atoms with Crippen molar-refractivity contribution in [3.63, 3.8) is 0 Å². The maximum absolute atomic E-state index is 13.8. The Morgan fingerprint density at radius 3 is 2.19 bits per heavy atom. The summed E-state index contributed by atoms with van der Waals surface area (Å²) in [4.78, 5) is 28.1. The van der Waals surface area contributed by atoms with Gasteiger partial charge < -0.3 is 10.2 Å². The number of anilines is 1. The number of halogens is 2. The van der Waals surface area contributed by atoms with Crippen molar-refractivity contribution in [2.24, 2.45) is 0 Å². The third kappa shape index (κ3) is 7.56. The Morgan fingerprint density at radius 1 is 0.973 bits per heavy atom. The second-order valence-corrected chi connectivity index (χ2v) is 11.6. The molecule has 7 nitrogen and oxygen atoms in total. The molecule has 3 rings (SSSR count). The number of rotatable bonds is 11. The molecule has 0 aliphatic rings. The van der Waals surface area contributed by atoms with Crippen LogP contribution in [0.3, 0.4) is 0 Å². The lowest BCUT2D eigenvalue weighted by Crippen LogP contribution is -2.51. The second-order valence-electron chi connectivity index (χ2n) is 8.42. The zero-order chi connectivity index (χ0) is 27.0. The van der Waals surface area contributed by atoms with E-state index in [1.165, 1.54) is 17.0 Å². The number of benzene rings is 3. The Hall–Kier alpha value is -2.88. The summed E-state index contributed by atoms with van der Waals surface area (Å²) in [5.41, 5.74) is 1.09. The third-order valence-corrected chi connectivity index (χ3v) is 8.28. The number of hydrogen-bond acceptors (Lipinski definition) is 4. The fourth-order valence-electron chi connectivity index (χ4n) is 3.62. The highest BCUT2D eigenvalue weighted by molar-refractivity contribution is 9.10. The van der Waals surface area contributed by atoms with Crippen molar-refractivity contribution < 1.29 is 18.0 Å². The van der Waals surface area contributed by atoms with E-state index in [1.807, 2.05) is 6.92 Å². The molecule has 2 amide bonds. The molecule has 0 spiro atoms. The Morgan fingerprint density at radius 2 is 1.59 bits per heavy atom. The highest BCUT2D eigenvalue weighted by Crippen LogP contribution is 2.26. The molecule has 1 N–H and O–H groups in total. The standard InChI is InChI=1S/C27H29BrClN3O4S/c1-3-17-30-27(34)20(2)31(18-21-9-13-23(29)14-10-21)26(33)19-32(24-15-11-22(28)12-16-24)37(35,36)25-7-5-4-6-8-25/h4-16,20H,3,17-19H2,1-2H3,(H,30,34)/t20-/m0/s1. The number of nitrogens with one attached hydrogen (secondary N) is 1. The largest absolute Gasteiger partial charge is 0.354 e. The van der Waals surface area contributed by atoms with E-state index in [1.54, 1.807) is 73.7 Å². The highest BCUT2D eigenvalue weighted by atomic mass is 79.9. The Kier molecular flexibility index (Phi) is 10.1. The summed E-state index contributed by atoms with van der Waals surface area (Å²) < 4.78 is 29.2. The Labute approximate surface area is 231 Å². The van der Waals surface area contributed by atoms with Gasteiger partial charge in [0.1, 0.15) is 12.6 Å². The van der Waals surface area contributed by atoms with Crippen LogP contribution in [0.2, 0.25) is 5.02 Å². The summed E-state index contributed by atoms with van der Waals surface area (Å²) in [5.74, 6) is -0.832. The van der Waals surface area contributed by atoms with Crippen LogP contribution in [0, 0.1) is 0 Å². The van der Waals surface area contributed by atoms with E-state index in [0.29, 0.717) is 17.3 Å². The van der Waals surface area contributed by atoms with Gasteiger partial charge in [-0.1, -0.05) is 64.8 Å². The zero-order valence-corrected chi connectivity index (χ0v) is 23.8. The molecule has 0 saturated carbocycles. The summed E-state index contributed by atoms with van der Waals surface area (Å²) in [6.07, 6.45) is 0.746. The van der Waals surface area contributed by atoms with Crippen LogP contribution in [-0.4, -0.2) is 44.3 Å². The summed E-state index contributed by atoms with van der Waals surface area (Å²) in [6.45, 7) is 3.66. The minimum absolute atomic E-state index is 0.0590. The molecule has 0 aromatic heterocycles. The third-order valence-electron chi connectivity index (χ3n) is 5.71. The molecular weight excluding hydrogens is 578 g/mol. The van der Waals surface area contributed by atoms with Crippen LogP contribution >= 0.6 is 27.5 Å². The quantitative estimate of drug-likeness (QED) is 0.323. The fourth-order valence-corrected chi connectivity index (χ4v) is 5.45. The van der Waals surface area contributed by atoms with Crippen molar-refractivity contribution >= 4 is 55.1 Å². The first-order chi connectivity index (χ1) is 17.6. The first-order valence-corrected chi connectivity index (χ1v) is 14.4. The van der Waals surface area contributed by atoms with Crippen LogP contribution in [-0.2, 0) is 26.2 Å². The number of carbonyl (C=O) groups excluding carboxylic acids is 2. The van der Waals surface area contributed by atoms with Crippen molar-refractivity contribution in [2.75, 3.05) is 17.4 Å². The molecule has 3 aromatic carbocycles. The van der Waals surface area contributed by atoms with Crippen LogP contribution in [0.1, 0.15) is 25.8 Å². The molecule has 0 aliphatic carbocycles. The van der Waals surface area contributed by atoms with Crippen molar-refractivity contribution in [3.8, 4) is 0 Å². The molecule has 3 aromatic rings. The lowest BCUT2D eigenvalue weighted by molar-refractivity contribution is -0.139. The van der Waals surface area contributed by atoms with Gasteiger partial charge in [0.2, 0.25) is 11.8 Å². The van der Waals surface area contributed by atoms with Gasteiger partial charge in [0.05, 0.1) is 10.6 Å². The molecule has 0 aliphatic heterocycles. The predicted molar refractivity (Wildman–Crippen MR) is 150 cm³/mol. The first kappa shape index (κ1) is 28.7. The van der Waals surface area contributed by atoms with Gasteiger partial charge >= 0.3 is 0 Å². The fraction of sp³-hybridized carbons (Fsp3) is 0.259. The van der Waals surface area contributed by atoms with Gasteiger partial charge in [-0.15, -0.1) is 0 Å². The smallest absolute Gasteiger partial charge is 0.264 e. The van der Waals surface area contributed by atoms with Gasteiger partial charge in [-0.3, -0.25) is 13.9 Å². The zero-order valence-electron chi connectivity index (χ0n) is 20.6. The summed E-state index contributed by atoms with van der Waals surface area (Å²) in [7, 11) is -4.08. The second kappa shape index (κ2) is 13.1. The minimum atomic E-state index is -4.08. The minimum Gasteiger partial charge on any atom is -0.354 e. The first-order valence-electron chi connectivity index (χ1n) is 11.8. The van der Waals surface area contributed by atoms with Crippen LogP contribution in [0.5, 0.6) is 0 Å². The normalized spacial score (nSPS) is 12.0. The maximum Gasteiger partial charge on any atom is 0.264 e. The molecule has 37 heavy (non-hydrogen) atoms. The van der Waals surface area contributed by atoms with Crippen LogP contribution < -0.4 is 9.62 Å². The Bertz CT molecular complexity index is 1300. The molecule has 0 heterocycles. The summed E-state index contributed by atoms with van der Waals surface area (Å²) in [5, 5.41) is 3.37. The molecular formula is C27H29BrClN3O4S. The number of nitrogens with zero attached hydrogens (tertiary/aromatic N) is 2. The van der Waals surface area contributed by atoms with E-state index < -0.39 is 28.5 Å². The van der Waals surface area contributed by atoms with Crippen molar-refractivity contribution in [3.05, 3.63) is 93.9 Å². The van der Waals surface area contributed by atoms with Gasteiger partial charge in [-0.2, -0.15) is 0 Å². The number of sulfonamides is 1. The maximum atomic E-state index is 13.8. The Balaban J connectivity index is 1.99. The van der Waals surface area contributed by atoms with Crippen molar-refractivity contribution in [2.45, 2.75) is 37.8 Å². The van der Waals surface area contributed by atoms with Gasteiger partial charge in [-0.25, -0.2) is 8.42 Å². The number of hydrogen-bond donors (Lipinski definition) is 1.